The molecule has 19 heavy (non-hydrogen) atoms. The van der Waals surface area contributed by atoms with Crippen molar-refractivity contribution in [2.75, 3.05) is 13.1 Å². The van der Waals surface area contributed by atoms with Crippen molar-refractivity contribution in [3.63, 3.8) is 0 Å². The summed E-state index contributed by atoms with van der Waals surface area (Å²) >= 11 is 0. The number of rotatable bonds is 7. The molecule has 0 radical (unpaired) electrons. The highest BCUT2D eigenvalue weighted by Crippen LogP contribution is 2.16. The summed E-state index contributed by atoms with van der Waals surface area (Å²) in [6.45, 7) is 7.21. The summed E-state index contributed by atoms with van der Waals surface area (Å²) in [5.41, 5.74) is 2.17. The molecule has 1 aliphatic heterocycles. The van der Waals surface area contributed by atoms with E-state index in [4.69, 9.17) is 0 Å². The van der Waals surface area contributed by atoms with Crippen LogP contribution < -0.4 is 5.32 Å². The van der Waals surface area contributed by atoms with E-state index >= 15 is 0 Å². The second-order valence-corrected chi connectivity index (χ2v) is 5.41. The van der Waals surface area contributed by atoms with Gasteiger partial charge in [0.1, 0.15) is 5.78 Å². The lowest BCUT2D eigenvalue weighted by Gasteiger charge is -2.07. The van der Waals surface area contributed by atoms with Crippen molar-refractivity contribution in [1.29, 1.82) is 0 Å². The number of carbonyl (C=O) groups excluding carboxylic acids is 1. The second-order valence-electron chi connectivity index (χ2n) is 5.41. The minimum Gasteiger partial charge on any atom is -0.316 e. The van der Waals surface area contributed by atoms with Crippen molar-refractivity contribution < 1.29 is 4.79 Å². The smallest absolute Gasteiger partial charge is 0.138 e. The molecule has 0 aliphatic carbocycles. The zero-order chi connectivity index (χ0) is 13.7. The first-order valence-electron chi connectivity index (χ1n) is 7.51. The quantitative estimate of drug-likeness (QED) is 0.818. The van der Waals surface area contributed by atoms with E-state index in [1.165, 1.54) is 6.42 Å². The highest BCUT2D eigenvalue weighted by molar-refractivity contribution is 5.80. The minimum absolute atomic E-state index is 0.351. The zero-order valence-corrected chi connectivity index (χ0v) is 12.1. The number of ketones is 1. The molecule has 1 unspecified atom stereocenters. The van der Waals surface area contributed by atoms with Crippen LogP contribution in [-0.4, -0.2) is 28.7 Å². The van der Waals surface area contributed by atoms with Gasteiger partial charge in [-0.3, -0.25) is 9.48 Å². The van der Waals surface area contributed by atoms with E-state index in [9.17, 15) is 4.79 Å². The molecular weight excluding hydrogens is 238 g/mol. The molecule has 106 valence electrons. The summed E-state index contributed by atoms with van der Waals surface area (Å²) in [7, 11) is 0. The molecule has 0 bridgehead atoms. The number of carbonyl (C=O) groups is 1. The monoisotopic (exact) mass is 263 g/mol. The molecule has 1 aliphatic rings. The van der Waals surface area contributed by atoms with Gasteiger partial charge in [-0.15, -0.1) is 0 Å². The molecule has 0 aromatic carbocycles. The van der Waals surface area contributed by atoms with Crippen LogP contribution in [0.25, 0.3) is 0 Å². The SMILES string of the molecule is CCc1cc(CC(=O)CCC2CCNC2)n(CC)n1. The number of aromatic nitrogens is 2. The van der Waals surface area contributed by atoms with Gasteiger partial charge in [0.05, 0.1) is 5.69 Å². The summed E-state index contributed by atoms with van der Waals surface area (Å²) in [5, 5.41) is 7.84. The van der Waals surface area contributed by atoms with E-state index in [1.807, 2.05) is 4.68 Å². The summed E-state index contributed by atoms with van der Waals surface area (Å²) in [6.07, 6.45) is 4.44. The third-order valence-electron chi connectivity index (χ3n) is 3.95. The molecule has 1 N–H and O–H groups in total. The molecule has 0 spiro atoms. The Hall–Kier alpha value is -1.16. The standard InChI is InChI=1S/C15H25N3O/c1-3-13-9-14(18(4-2)17-13)10-15(19)6-5-12-7-8-16-11-12/h9,12,16H,3-8,10-11H2,1-2H3. The molecule has 4 nitrogen and oxygen atoms in total. The van der Waals surface area contributed by atoms with Crippen LogP contribution in [-0.2, 0) is 24.2 Å². The molecule has 1 atom stereocenters. The Morgan fingerprint density at radius 3 is 3.00 bits per heavy atom. The van der Waals surface area contributed by atoms with Gasteiger partial charge in [0.2, 0.25) is 0 Å². The Balaban J connectivity index is 1.85. The van der Waals surface area contributed by atoms with E-state index in [1.54, 1.807) is 0 Å². The fourth-order valence-electron chi connectivity index (χ4n) is 2.72. The summed E-state index contributed by atoms with van der Waals surface area (Å²) in [5.74, 6) is 1.05. The molecule has 4 heteroatoms. The Labute approximate surface area is 115 Å². The van der Waals surface area contributed by atoms with E-state index in [0.29, 0.717) is 24.5 Å². The van der Waals surface area contributed by atoms with Crippen LogP contribution in [0.4, 0.5) is 0 Å². The van der Waals surface area contributed by atoms with Crippen molar-refractivity contribution in [2.45, 2.75) is 52.5 Å². The van der Waals surface area contributed by atoms with Crippen LogP contribution in [0.1, 0.15) is 44.5 Å². The van der Waals surface area contributed by atoms with Crippen LogP contribution in [0.5, 0.6) is 0 Å². The number of nitrogens with zero attached hydrogens (tertiary/aromatic N) is 2. The third kappa shape index (κ3) is 3.90. The number of Topliss-reactive ketones (excluding diaryl/α,β-unsaturated/α-hetero) is 1. The summed E-state index contributed by atoms with van der Waals surface area (Å²) in [6, 6.07) is 2.08. The topological polar surface area (TPSA) is 46.9 Å². The second kappa shape index (κ2) is 6.85. The first kappa shape index (κ1) is 14.3. The van der Waals surface area contributed by atoms with Gasteiger partial charge < -0.3 is 5.32 Å². The van der Waals surface area contributed by atoms with Crippen molar-refractivity contribution in [1.82, 2.24) is 15.1 Å². The number of nitrogens with one attached hydrogen (secondary N) is 1. The largest absolute Gasteiger partial charge is 0.316 e. The van der Waals surface area contributed by atoms with Gasteiger partial charge in [-0.25, -0.2) is 0 Å². The summed E-state index contributed by atoms with van der Waals surface area (Å²) < 4.78 is 1.97. The van der Waals surface area contributed by atoms with Crippen LogP contribution in [0.2, 0.25) is 0 Å². The van der Waals surface area contributed by atoms with Gasteiger partial charge in [-0.1, -0.05) is 6.92 Å². The maximum absolute atomic E-state index is 12.1. The molecule has 2 rings (SSSR count). The van der Waals surface area contributed by atoms with E-state index in [2.05, 4.69) is 30.3 Å². The van der Waals surface area contributed by atoms with Crippen LogP contribution >= 0.6 is 0 Å². The molecule has 1 aromatic heterocycles. The highest BCUT2D eigenvalue weighted by atomic mass is 16.1. The Morgan fingerprint density at radius 1 is 1.53 bits per heavy atom. The zero-order valence-electron chi connectivity index (χ0n) is 12.1. The van der Waals surface area contributed by atoms with Gasteiger partial charge in [0, 0.05) is 25.1 Å². The molecule has 0 amide bonds. The lowest BCUT2D eigenvalue weighted by molar-refractivity contribution is -0.118. The summed E-state index contributed by atoms with van der Waals surface area (Å²) in [4.78, 5) is 12.1. The average Bonchev–Trinajstić information content (AvgIpc) is 3.05. The molecule has 1 saturated heterocycles. The average molecular weight is 263 g/mol. The lowest BCUT2D eigenvalue weighted by atomic mass is 9.99. The van der Waals surface area contributed by atoms with E-state index < -0.39 is 0 Å². The maximum Gasteiger partial charge on any atom is 0.138 e. The maximum atomic E-state index is 12.1. The van der Waals surface area contributed by atoms with Crippen LogP contribution in [0, 0.1) is 5.92 Å². The van der Waals surface area contributed by atoms with Gasteiger partial charge in [-0.05, 0) is 51.3 Å². The van der Waals surface area contributed by atoms with Crippen LogP contribution in [0.15, 0.2) is 6.07 Å². The van der Waals surface area contributed by atoms with Gasteiger partial charge in [0.25, 0.3) is 0 Å². The fourth-order valence-corrected chi connectivity index (χ4v) is 2.72. The molecule has 2 heterocycles. The first-order chi connectivity index (χ1) is 9.22. The molecule has 1 fully saturated rings. The van der Waals surface area contributed by atoms with E-state index in [-0.39, 0.29) is 0 Å². The first-order valence-corrected chi connectivity index (χ1v) is 7.51. The van der Waals surface area contributed by atoms with Crippen molar-refractivity contribution >= 4 is 5.78 Å². The Morgan fingerprint density at radius 2 is 2.37 bits per heavy atom. The predicted molar refractivity (Wildman–Crippen MR) is 76.2 cm³/mol. The van der Waals surface area contributed by atoms with Gasteiger partial charge >= 0.3 is 0 Å². The Bertz CT molecular complexity index is 419. The lowest BCUT2D eigenvalue weighted by Crippen LogP contribution is -2.13. The van der Waals surface area contributed by atoms with Crippen molar-refractivity contribution in [2.24, 2.45) is 5.92 Å². The highest BCUT2D eigenvalue weighted by Gasteiger charge is 2.16. The normalized spacial score (nSPS) is 18.9. The molecule has 1 aromatic rings. The number of hydrogen-bond donors (Lipinski definition) is 1. The van der Waals surface area contributed by atoms with Gasteiger partial charge in [-0.2, -0.15) is 5.10 Å². The number of hydrogen-bond acceptors (Lipinski definition) is 3. The van der Waals surface area contributed by atoms with Crippen molar-refractivity contribution in [3.8, 4) is 0 Å². The van der Waals surface area contributed by atoms with Crippen LogP contribution in [0.3, 0.4) is 0 Å². The third-order valence-corrected chi connectivity index (χ3v) is 3.95. The van der Waals surface area contributed by atoms with Gasteiger partial charge in [0.15, 0.2) is 0 Å². The molecular formula is C15H25N3O. The van der Waals surface area contributed by atoms with E-state index in [0.717, 1.165) is 43.9 Å². The number of aryl methyl sites for hydroxylation is 2. The fraction of sp³-hybridized carbons (Fsp3) is 0.733. The van der Waals surface area contributed by atoms with Crippen molar-refractivity contribution in [3.05, 3.63) is 17.5 Å². The predicted octanol–water partition coefficient (Wildman–Crippen LogP) is 1.97. The minimum atomic E-state index is 0.351. The molecule has 0 saturated carbocycles. The Kier molecular flexibility index (Phi) is 5.14.